The zero-order valence-corrected chi connectivity index (χ0v) is 11.0. The van der Waals surface area contributed by atoms with E-state index >= 15 is 0 Å². The molecule has 0 bridgehead atoms. The second kappa shape index (κ2) is 5.29. The molecule has 0 amide bonds. The molecule has 0 radical (unpaired) electrons. The highest BCUT2D eigenvalue weighted by atomic mass is 15.3. The smallest absolute Gasteiger partial charge is 0.0893 e. The SMILES string of the molecule is CCn1nc(C)cc1C(NN)c1ccc(C)nc1. The van der Waals surface area contributed by atoms with Crippen LogP contribution in [0.5, 0.6) is 0 Å². The maximum absolute atomic E-state index is 5.69. The number of aryl methyl sites for hydroxylation is 3. The lowest BCUT2D eigenvalue weighted by Crippen LogP contribution is -2.30. The molecule has 1 unspecified atom stereocenters. The topological polar surface area (TPSA) is 68.8 Å². The molecule has 0 aliphatic heterocycles. The molecule has 5 heteroatoms. The summed E-state index contributed by atoms with van der Waals surface area (Å²) in [5.41, 5.74) is 6.93. The van der Waals surface area contributed by atoms with Crippen LogP contribution in [-0.4, -0.2) is 14.8 Å². The highest BCUT2D eigenvalue weighted by Crippen LogP contribution is 2.21. The van der Waals surface area contributed by atoms with Crippen LogP contribution < -0.4 is 11.3 Å². The lowest BCUT2D eigenvalue weighted by Gasteiger charge is -2.17. The highest BCUT2D eigenvalue weighted by Gasteiger charge is 2.17. The Bertz CT molecular complexity index is 515. The molecule has 0 spiro atoms. The van der Waals surface area contributed by atoms with Gasteiger partial charge in [0, 0.05) is 18.4 Å². The lowest BCUT2D eigenvalue weighted by atomic mass is 10.1. The van der Waals surface area contributed by atoms with Gasteiger partial charge in [-0.25, -0.2) is 5.43 Å². The van der Waals surface area contributed by atoms with Crippen molar-refractivity contribution in [2.24, 2.45) is 5.84 Å². The minimum absolute atomic E-state index is 0.0840. The van der Waals surface area contributed by atoms with E-state index in [0.717, 1.165) is 29.2 Å². The van der Waals surface area contributed by atoms with E-state index in [1.807, 2.05) is 42.9 Å². The van der Waals surface area contributed by atoms with Crippen LogP contribution in [0.15, 0.2) is 24.4 Å². The van der Waals surface area contributed by atoms with Crippen molar-refractivity contribution >= 4 is 0 Å². The van der Waals surface area contributed by atoms with E-state index in [-0.39, 0.29) is 6.04 Å². The molecule has 2 aromatic heterocycles. The maximum Gasteiger partial charge on any atom is 0.0893 e. The number of nitrogens with two attached hydrogens (primary N) is 1. The average molecular weight is 245 g/mol. The summed E-state index contributed by atoms with van der Waals surface area (Å²) in [7, 11) is 0. The van der Waals surface area contributed by atoms with Crippen molar-refractivity contribution in [2.45, 2.75) is 33.4 Å². The average Bonchev–Trinajstić information content (AvgIpc) is 2.74. The summed E-state index contributed by atoms with van der Waals surface area (Å²) in [6, 6.07) is 5.99. The van der Waals surface area contributed by atoms with E-state index in [1.54, 1.807) is 0 Å². The Kier molecular flexibility index (Phi) is 3.74. The molecule has 0 saturated carbocycles. The number of aromatic nitrogens is 3. The normalized spacial score (nSPS) is 12.7. The number of pyridine rings is 1. The van der Waals surface area contributed by atoms with Gasteiger partial charge in [0.05, 0.1) is 17.4 Å². The van der Waals surface area contributed by atoms with Gasteiger partial charge in [-0.15, -0.1) is 0 Å². The van der Waals surface area contributed by atoms with Crippen LogP contribution in [-0.2, 0) is 6.54 Å². The summed E-state index contributed by atoms with van der Waals surface area (Å²) in [4.78, 5) is 4.31. The number of hydrazine groups is 1. The van der Waals surface area contributed by atoms with Gasteiger partial charge in [-0.3, -0.25) is 15.5 Å². The molecule has 2 heterocycles. The molecule has 0 saturated heterocycles. The largest absolute Gasteiger partial charge is 0.271 e. The first-order valence-corrected chi connectivity index (χ1v) is 6.08. The third-order valence-corrected chi connectivity index (χ3v) is 2.96. The first kappa shape index (κ1) is 12.7. The van der Waals surface area contributed by atoms with Crippen LogP contribution in [0.2, 0.25) is 0 Å². The number of nitrogens with one attached hydrogen (secondary N) is 1. The molecule has 0 aromatic carbocycles. The van der Waals surface area contributed by atoms with Crippen molar-refractivity contribution in [2.75, 3.05) is 0 Å². The third kappa shape index (κ3) is 2.42. The van der Waals surface area contributed by atoms with Crippen molar-refractivity contribution < 1.29 is 0 Å². The number of hydrogen-bond acceptors (Lipinski definition) is 4. The fraction of sp³-hybridized carbons (Fsp3) is 0.385. The van der Waals surface area contributed by atoms with E-state index in [9.17, 15) is 0 Å². The van der Waals surface area contributed by atoms with Crippen LogP contribution in [0.1, 0.15) is 35.6 Å². The van der Waals surface area contributed by atoms with E-state index in [0.29, 0.717) is 0 Å². The van der Waals surface area contributed by atoms with Crippen molar-refractivity contribution in [1.82, 2.24) is 20.2 Å². The van der Waals surface area contributed by atoms with Gasteiger partial charge in [-0.2, -0.15) is 5.10 Å². The van der Waals surface area contributed by atoms with Gasteiger partial charge in [0.1, 0.15) is 0 Å². The Morgan fingerprint density at radius 1 is 1.33 bits per heavy atom. The summed E-state index contributed by atoms with van der Waals surface area (Å²) in [5.74, 6) is 5.69. The highest BCUT2D eigenvalue weighted by molar-refractivity contribution is 5.27. The van der Waals surface area contributed by atoms with E-state index < -0.39 is 0 Å². The Morgan fingerprint density at radius 2 is 2.11 bits per heavy atom. The monoisotopic (exact) mass is 245 g/mol. The van der Waals surface area contributed by atoms with Crippen molar-refractivity contribution in [1.29, 1.82) is 0 Å². The Balaban J connectivity index is 2.41. The van der Waals surface area contributed by atoms with Gasteiger partial charge in [-0.1, -0.05) is 6.07 Å². The molecule has 96 valence electrons. The fourth-order valence-corrected chi connectivity index (χ4v) is 2.05. The molecule has 0 aliphatic rings. The summed E-state index contributed by atoms with van der Waals surface area (Å²) < 4.78 is 1.96. The molecule has 0 fully saturated rings. The van der Waals surface area contributed by atoms with Gasteiger partial charge >= 0.3 is 0 Å². The van der Waals surface area contributed by atoms with Crippen molar-refractivity contribution in [3.8, 4) is 0 Å². The molecular weight excluding hydrogens is 226 g/mol. The lowest BCUT2D eigenvalue weighted by molar-refractivity contribution is 0.541. The van der Waals surface area contributed by atoms with Gasteiger partial charge < -0.3 is 0 Å². The number of rotatable bonds is 4. The Labute approximate surface area is 107 Å². The summed E-state index contributed by atoms with van der Waals surface area (Å²) >= 11 is 0. The first-order valence-electron chi connectivity index (χ1n) is 6.08. The molecule has 2 aromatic rings. The van der Waals surface area contributed by atoms with Gasteiger partial charge in [0.25, 0.3) is 0 Å². The maximum atomic E-state index is 5.69. The number of nitrogens with zero attached hydrogens (tertiary/aromatic N) is 3. The van der Waals surface area contributed by atoms with Crippen LogP contribution in [0, 0.1) is 13.8 Å². The van der Waals surface area contributed by atoms with E-state index in [1.165, 1.54) is 0 Å². The standard InChI is InChI=1S/C13H19N5/c1-4-18-12(7-10(3)17-18)13(16-14)11-6-5-9(2)15-8-11/h5-8,13,16H,4,14H2,1-3H3. The quantitative estimate of drug-likeness (QED) is 0.632. The third-order valence-electron chi connectivity index (χ3n) is 2.96. The van der Waals surface area contributed by atoms with E-state index in [2.05, 4.69) is 22.4 Å². The van der Waals surface area contributed by atoms with E-state index in [4.69, 9.17) is 5.84 Å². The van der Waals surface area contributed by atoms with Crippen molar-refractivity contribution in [3.05, 3.63) is 47.0 Å². The molecule has 0 aliphatic carbocycles. The summed E-state index contributed by atoms with van der Waals surface area (Å²) in [6.45, 7) is 6.84. The second-order valence-electron chi connectivity index (χ2n) is 4.36. The molecule has 18 heavy (non-hydrogen) atoms. The van der Waals surface area contributed by atoms with Crippen LogP contribution >= 0.6 is 0 Å². The molecule has 2 rings (SSSR count). The minimum Gasteiger partial charge on any atom is -0.271 e. The fourth-order valence-electron chi connectivity index (χ4n) is 2.05. The predicted molar refractivity (Wildman–Crippen MR) is 70.8 cm³/mol. The van der Waals surface area contributed by atoms with Gasteiger partial charge in [-0.05, 0) is 38.5 Å². The molecule has 1 atom stereocenters. The minimum atomic E-state index is -0.0840. The van der Waals surface area contributed by atoms with Crippen LogP contribution in [0.4, 0.5) is 0 Å². The summed E-state index contributed by atoms with van der Waals surface area (Å²) in [6.07, 6.45) is 1.85. The Morgan fingerprint density at radius 3 is 2.67 bits per heavy atom. The molecule has 5 nitrogen and oxygen atoms in total. The van der Waals surface area contributed by atoms with Gasteiger partial charge in [0.15, 0.2) is 0 Å². The molecular formula is C13H19N5. The summed E-state index contributed by atoms with van der Waals surface area (Å²) in [5, 5.41) is 4.44. The molecule has 3 N–H and O–H groups in total. The Hall–Kier alpha value is -1.72. The van der Waals surface area contributed by atoms with Crippen molar-refractivity contribution in [3.63, 3.8) is 0 Å². The zero-order valence-electron chi connectivity index (χ0n) is 11.0. The zero-order chi connectivity index (χ0) is 13.1. The first-order chi connectivity index (χ1) is 8.65. The van der Waals surface area contributed by atoms with Crippen LogP contribution in [0.3, 0.4) is 0 Å². The van der Waals surface area contributed by atoms with Gasteiger partial charge in [0.2, 0.25) is 0 Å². The van der Waals surface area contributed by atoms with Crippen LogP contribution in [0.25, 0.3) is 0 Å². The predicted octanol–water partition coefficient (Wildman–Crippen LogP) is 1.47. The second-order valence-corrected chi connectivity index (χ2v) is 4.36. The number of hydrogen-bond donors (Lipinski definition) is 2.